The second-order valence-electron chi connectivity index (χ2n) is 4.20. The molecule has 2 heterocycles. The molecular formula is C13H20N4OS. The summed E-state index contributed by atoms with van der Waals surface area (Å²) in [6.07, 6.45) is 6.72. The number of nitrogens with zero attached hydrogens (tertiary/aromatic N) is 3. The van der Waals surface area contributed by atoms with Crippen LogP contribution in [0.25, 0.3) is 0 Å². The first-order valence-electron chi connectivity index (χ1n) is 6.53. The molecule has 0 aliphatic heterocycles. The Morgan fingerprint density at radius 3 is 3.05 bits per heavy atom. The molecule has 2 aromatic rings. The van der Waals surface area contributed by atoms with Crippen LogP contribution >= 0.6 is 11.3 Å². The van der Waals surface area contributed by atoms with E-state index in [-0.39, 0.29) is 0 Å². The van der Waals surface area contributed by atoms with E-state index in [1.807, 2.05) is 32.4 Å². The van der Waals surface area contributed by atoms with Crippen LogP contribution in [-0.4, -0.2) is 34.3 Å². The second kappa shape index (κ2) is 7.25. The Balaban J connectivity index is 1.83. The zero-order valence-electron chi connectivity index (χ0n) is 11.4. The molecule has 0 amide bonds. The molecule has 0 saturated heterocycles. The molecule has 0 bridgehead atoms. The van der Waals surface area contributed by atoms with Crippen LogP contribution < -0.4 is 5.32 Å². The molecule has 0 unspecified atom stereocenters. The molecule has 104 valence electrons. The zero-order chi connectivity index (χ0) is 13.5. The maximum Gasteiger partial charge on any atom is 0.203 e. The van der Waals surface area contributed by atoms with Gasteiger partial charge >= 0.3 is 0 Å². The fraction of sp³-hybridized carbons (Fsp3) is 0.538. The van der Waals surface area contributed by atoms with Crippen LogP contribution in [0.3, 0.4) is 0 Å². The highest BCUT2D eigenvalue weighted by molar-refractivity contribution is 7.11. The minimum absolute atomic E-state index is 0.777. The SMILES string of the molecule is CCOCCCNc1nccn1Cc1cnc(C)s1. The molecule has 5 nitrogen and oxygen atoms in total. The quantitative estimate of drug-likeness (QED) is 0.755. The van der Waals surface area contributed by atoms with E-state index in [1.165, 1.54) is 4.88 Å². The summed E-state index contributed by atoms with van der Waals surface area (Å²) >= 11 is 1.72. The van der Waals surface area contributed by atoms with Gasteiger partial charge in [-0.15, -0.1) is 11.3 Å². The van der Waals surface area contributed by atoms with Crippen LogP contribution in [-0.2, 0) is 11.3 Å². The topological polar surface area (TPSA) is 52.0 Å². The summed E-state index contributed by atoms with van der Waals surface area (Å²) < 4.78 is 7.41. The first-order valence-corrected chi connectivity index (χ1v) is 7.35. The van der Waals surface area contributed by atoms with Gasteiger partial charge in [-0.25, -0.2) is 9.97 Å². The van der Waals surface area contributed by atoms with Crippen molar-refractivity contribution in [2.75, 3.05) is 25.1 Å². The number of aryl methyl sites for hydroxylation is 1. The molecule has 0 aliphatic rings. The van der Waals surface area contributed by atoms with E-state index in [0.717, 1.165) is 43.7 Å². The van der Waals surface area contributed by atoms with Crippen molar-refractivity contribution in [2.45, 2.75) is 26.8 Å². The molecule has 0 atom stereocenters. The van der Waals surface area contributed by atoms with Gasteiger partial charge in [-0.1, -0.05) is 0 Å². The molecule has 1 N–H and O–H groups in total. The lowest BCUT2D eigenvalue weighted by molar-refractivity contribution is 0.147. The van der Waals surface area contributed by atoms with Crippen molar-refractivity contribution in [3.8, 4) is 0 Å². The van der Waals surface area contributed by atoms with Crippen LogP contribution in [0.4, 0.5) is 5.95 Å². The average molecular weight is 280 g/mol. The Bertz CT molecular complexity index is 494. The summed E-state index contributed by atoms with van der Waals surface area (Å²) in [7, 11) is 0. The molecule has 6 heteroatoms. The Labute approximate surface area is 117 Å². The van der Waals surface area contributed by atoms with Crippen molar-refractivity contribution in [3.63, 3.8) is 0 Å². The molecule has 2 aromatic heterocycles. The van der Waals surface area contributed by atoms with Crippen molar-refractivity contribution in [1.29, 1.82) is 0 Å². The Hall–Kier alpha value is -1.40. The van der Waals surface area contributed by atoms with Gasteiger partial charge in [-0.2, -0.15) is 0 Å². The van der Waals surface area contributed by atoms with Gasteiger partial charge < -0.3 is 14.6 Å². The third-order valence-corrected chi connectivity index (χ3v) is 3.56. The number of imidazole rings is 1. The zero-order valence-corrected chi connectivity index (χ0v) is 12.2. The molecule has 0 saturated carbocycles. The van der Waals surface area contributed by atoms with E-state index in [2.05, 4.69) is 19.9 Å². The maximum atomic E-state index is 5.31. The fourth-order valence-electron chi connectivity index (χ4n) is 1.77. The number of nitrogens with one attached hydrogen (secondary N) is 1. The second-order valence-corrected chi connectivity index (χ2v) is 5.52. The predicted molar refractivity (Wildman–Crippen MR) is 77.8 cm³/mol. The van der Waals surface area contributed by atoms with Gasteiger partial charge in [0.05, 0.1) is 11.6 Å². The van der Waals surface area contributed by atoms with Crippen LogP contribution in [0, 0.1) is 6.92 Å². The van der Waals surface area contributed by atoms with Crippen molar-refractivity contribution in [1.82, 2.24) is 14.5 Å². The number of hydrogen-bond acceptors (Lipinski definition) is 5. The minimum atomic E-state index is 0.777. The standard InChI is InChI=1S/C13H20N4OS/c1-3-18-8-4-5-14-13-15-6-7-17(13)10-12-9-16-11(2)19-12/h6-7,9H,3-5,8,10H2,1-2H3,(H,14,15). The molecular weight excluding hydrogens is 260 g/mol. The van der Waals surface area contributed by atoms with Crippen molar-refractivity contribution in [3.05, 3.63) is 28.5 Å². The molecule has 2 rings (SSSR count). The van der Waals surface area contributed by atoms with Gasteiger partial charge in [0.1, 0.15) is 0 Å². The summed E-state index contributed by atoms with van der Waals surface area (Å²) in [6.45, 7) is 7.29. The van der Waals surface area contributed by atoms with Crippen molar-refractivity contribution >= 4 is 17.3 Å². The average Bonchev–Trinajstić information content (AvgIpc) is 3.00. The van der Waals surface area contributed by atoms with Crippen LogP contribution in [0.15, 0.2) is 18.6 Å². The molecule has 0 aromatic carbocycles. The predicted octanol–water partition coefficient (Wildman–Crippen LogP) is 2.53. The first-order chi connectivity index (χ1) is 9.29. The summed E-state index contributed by atoms with van der Waals surface area (Å²) in [4.78, 5) is 9.85. The van der Waals surface area contributed by atoms with E-state index in [1.54, 1.807) is 11.3 Å². The Kier molecular flexibility index (Phi) is 5.35. The van der Waals surface area contributed by atoms with E-state index in [0.29, 0.717) is 0 Å². The van der Waals surface area contributed by atoms with E-state index < -0.39 is 0 Å². The summed E-state index contributed by atoms with van der Waals surface area (Å²) in [5.74, 6) is 0.905. The van der Waals surface area contributed by atoms with Gasteiger partial charge in [-0.05, 0) is 20.3 Å². The van der Waals surface area contributed by atoms with Crippen LogP contribution in [0.5, 0.6) is 0 Å². The third kappa shape index (κ3) is 4.33. The first kappa shape index (κ1) is 14.0. The summed E-state index contributed by atoms with van der Waals surface area (Å²) in [5, 5.41) is 4.43. The Morgan fingerprint density at radius 1 is 1.42 bits per heavy atom. The van der Waals surface area contributed by atoms with E-state index >= 15 is 0 Å². The lowest BCUT2D eigenvalue weighted by Crippen LogP contribution is -2.10. The summed E-state index contributed by atoms with van der Waals surface area (Å²) in [5.41, 5.74) is 0. The number of thiazole rings is 1. The molecule has 0 aliphatic carbocycles. The molecule has 0 spiro atoms. The van der Waals surface area contributed by atoms with E-state index in [9.17, 15) is 0 Å². The monoisotopic (exact) mass is 280 g/mol. The highest BCUT2D eigenvalue weighted by Crippen LogP contribution is 2.15. The number of ether oxygens (including phenoxy) is 1. The highest BCUT2D eigenvalue weighted by atomic mass is 32.1. The highest BCUT2D eigenvalue weighted by Gasteiger charge is 2.04. The van der Waals surface area contributed by atoms with Gasteiger partial charge in [0.25, 0.3) is 0 Å². The van der Waals surface area contributed by atoms with Crippen LogP contribution in [0.1, 0.15) is 23.2 Å². The fourth-order valence-corrected chi connectivity index (χ4v) is 2.56. The summed E-state index contributed by atoms with van der Waals surface area (Å²) in [6, 6.07) is 0. The smallest absolute Gasteiger partial charge is 0.203 e. The largest absolute Gasteiger partial charge is 0.382 e. The maximum absolute atomic E-state index is 5.31. The Morgan fingerprint density at radius 2 is 2.32 bits per heavy atom. The lowest BCUT2D eigenvalue weighted by atomic mass is 10.4. The van der Waals surface area contributed by atoms with Crippen molar-refractivity contribution < 1.29 is 4.74 Å². The van der Waals surface area contributed by atoms with Gasteiger partial charge in [-0.3, -0.25) is 0 Å². The number of rotatable bonds is 8. The van der Waals surface area contributed by atoms with Gasteiger partial charge in [0.15, 0.2) is 0 Å². The number of aromatic nitrogens is 3. The normalized spacial score (nSPS) is 10.8. The van der Waals surface area contributed by atoms with Crippen LogP contribution in [0.2, 0.25) is 0 Å². The van der Waals surface area contributed by atoms with Gasteiger partial charge in [0.2, 0.25) is 5.95 Å². The van der Waals surface area contributed by atoms with E-state index in [4.69, 9.17) is 4.74 Å². The molecule has 0 radical (unpaired) electrons. The number of anilines is 1. The van der Waals surface area contributed by atoms with Crippen molar-refractivity contribution in [2.24, 2.45) is 0 Å². The van der Waals surface area contributed by atoms with Gasteiger partial charge in [0, 0.05) is 43.2 Å². The lowest BCUT2D eigenvalue weighted by Gasteiger charge is -2.08. The number of hydrogen-bond donors (Lipinski definition) is 1. The third-order valence-electron chi connectivity index (χ3n) is 2.66. The minimum Gasteiger partial charge on any atom is -0.382 e. The molecule has 0 fully saturated rings. The molecule has 19 heavy (non-hydrogen) atoms.